The molecule has 0 amide bonds. The number of hydrogen-bond donors (Lipinski definition) is 0. The van der Waals surface area contributed by atoms with Crippen LogP contribution in [0.5, 0.6) is 11.5 Å². The lowest BCUT2D eigenvalue weighted by molar-refractivity contribution is 0.0734. The van der Waals surface area contributed by atoms with Gasteiger partial charge in [-0.3, -0.25) is 0 Å². The van der Waals surface area contributed by atoms with E-state index in [9.17, 15) is 4.79 Å². The minimum Gasteiger partial charge on any atom is -0.494 e. The fourth-order valence-corrected chi connectivity index (χ4v) is 2.25. The second-order valence-corrected chi connectivity index (χ2v) is 5.59. The van der Waals surface area contributed by atoms with E-state index >= 15 is 0 Å². The molecule has 0 bridgehead atoms. The molecule has 22 heavy (non-hydrogen) atoms. The number of carbonyl (C=O) groups excluding carboxylic acids is 1. The number of hydrogen-bond acceptors (Lipinski definition) is 3. The Labute approximate surface area is 139 Å². The molecule has 2 aromatic carbocycles. The molecule has 2 aromatic rings. The molecule has 0 atom stereocenters. The fourth-order valence-electron chi connectivity index (χ4n) is 1.78. The van der Waals surface area contributed by atoms with Crippen LogP contribution in [-0.2, 0) is 0 Å². The van der Waals surface area contributed by atoms with Crippen LogP contribution >= 0.6 is 23.2 Å². The van der Waals surface area contributed by atoms with Gasteiger partial charge in [0.2, 0.25) is 0 Å². The average Bonchev–Trinajstić information content (AvgIpc) is 2.50. The highest BCUT2D eigenvalue weighted by molar-refractivity contribution is 6.36. The van der Waals surface area contributed by atoms with Gasteiger partial charge in [-0.2, -0.15) is 0 Å². The largest absolute Gasteiger partial charge is 0.494 e. The summed E-state index contributed by atoms with van der Waals surface area (Å²) in [5.74, 6) is 0.458. The predicted molar refractivity (Wildman–Crippen MR) is 88.4 cm³/mol. The zero-order valence-corrected chi connectivity index (χ0v) is 13.9. The summed E-state index contributed by atoms with van der Waals surface area (Å²) in [5.41, 5.74) is 1.15. The van der Waals surface area contributed by atoms with E-state index in [1.165, 1.54) is 0 Å². The monoisotopic (exact) mass is 338 g/mol. The van der Waals surface area contributed by atoms with E-state index in [2.05, 4.69) is 0 Å². The molecule has 116 valence electrons. The second kappa shape index (κ2) is 7.52. The van der Waals surface area contributed by atoms with Crippen molar-refractivity contribution in [2.24, 2.45) is 0 Å². The molecule has 3 nitrogen and oxygen atoms in total. The minimum absolute atomic E-state index is 0.311. The lowest BCUT2D eigenvalue weighted by atomic mass is 10.2. The van der Waals surface area contributed by atoms with Crippen LogP contribution in [0.1, 0.15) is 29.3 Å². The summed E-state index contributed by atoms with van der Waals surface area (Å²) in [7, 11) is 0. The van der Waals surface area contributed by atoms with Crippen molar-refractivity contribution in [2.75, 3.05) is 6.61 Å². The van der Waals surface area contributed by atoms with Crippen molar-refractivity contribution in [3.63, 3.8) is 0 Å². The highest BCUT2D eigenvalue weighted by Gasteiger charge is 2.12. The third kappa shape index (κ3) is 4.15. The Balaban J connectivity index is 2.15. The summed E-state index contributed by atoms with van der Waals surface area (Å²) in [5, 5.41) is 0.908. The molecule has 0 aromatic heterocycles. The molecule has 0 radical (unpaired) electrons. The van der Waals surface area contributed by atoms with Gasteiger partial charge < -0.3 is 9.47 Å². The maximum atomic E-state index is 12.2. The smallest absolute Gasteiger partial charge is 0.343 e. The second-order valence-electron chi connectivity index (χ2n) is 4.78. The number of halogens is 2. The molecule has 2 rings (SSSR count). The van der Waals surface area contributed by atoms with Crippen molar-refractivity contribution in [3.8, 4) is 11.5 Å². The topological polar surface area (TPSA) is 35.5 Å². The molecule has 0 N–H and O–H groups in total. The van der Waals surface area contributed by atoms with Gasteiger partial charge in [-0.05, 0) is 49.2 Å². The Morgan fingerprint density at radius 1 is 1.09 bits per heavy atom. The van der Waals surface area contributed by atoms with Crippen molar-refractivity contribution in [1.29, 1.82) is 0 Å². The van der Waals surface area contributed by atoms with Crippen LogP contribution in [0.2, 0.25) is 10.0 Å². The summed E-state index contributed by atoms with van der Waals surface area (Å²) in [6.07, 6.45) is 0.898. The molecule has 0 unspecified atom stereocenters. The molecule has 0 spiro atoms. The van der Waals surface area contributed by atoms with Gasteiger partial charge in [-0.25, -0.2) is 4.79 Å². The van der Waals surface area contributed by atoms with E-state index in [1.807, 2.05) is 6.92 Å². The Hall–Kier alpha value is -1.71. The van der Waals surface area contributed by atoms with Gasteiger partial charge in [0.05, 0.1) is 12.2 Å². The van der Waals surface area contributed by atoms with E-state index in [0.717, 1.165) is 12.0 Å². The van der Waals surface area contributed by atoms with Gasteiger partial charge in [-0.1, -0.05) is 36.2 Å². The van der Waals surface area contributed by atoms with Crippen molar-refractivity contribution >= 4 is 29.2 Å². The Bertz CT molecular complexity index is 660. The van der Waals surface area contributed by atoms with Crippen LogP contribution in [0.3, 0.4) is 0 Å². The standard InChI is InChI=1S/C17H16Cl2O3/c1-3-7-21-13-6-4-5-12(8-13)17(20)22-14-9-15(18)11(2)16(19)10-14/h4-6,8-10H,3,7H2,1-2H3. The normalized spacial score (nSPS) is 10.4. The van der Waals surface area contributed by atoms with Crippen molar-refractivity contribution in [2.45, 2.75) is 20.3 Å². The van der Waals surface area contributed by atoms with Gasteiger partial charge in [0.25, 0.3) is 0 Å². The highest BCUT2D eigenvalue weighted by atomic mass is 35.5. The molecule has 0 saturated heterocycles. The molecule has 0 aliphatic carbocycles. The molecular weight excluding hydrogens is 323 g/mol. The SMILES string of the molecule is CCCOc1cccc(C(=O)Oc2cc(Cl)c(C)c(Cl)c2)c1. The Morgan fingerprint density at radius 2 is 1.77 bits per heavy atom. The third-order valence-corrected chi connectivity index (χ3v) is 3.79. The number of esters is 1. The molecular formula is C17H16Cl2O3. The summed E-state index contributed by atoms with van der Waals surface area (Å²) in [4.78, 5) is 12.2. The quantitative estimate of drug-likeness (QED) is 0.547. The first-order chi connectivity index (χ1) is 10.5. The van der Waals surface area contributed by atoms with Crippen molar-refractivity contribution < 1.29 is 14.3 Å². The minimum atomic E-state index is -0.488. The molecule has 0 aliphatic rings. The van der Waals surface area contributed by atoms with Crippen LogP contribution in [0.4, 0.5) is 0 Å². The van der Waals surface area contributed by atoms with Gasteiger partial charge >= 0.3 is 5.97 Å². The summed E-state index contributed by atoms with van der Waals surface area (Å²) < 4.78 is 10.8. The fraction of sp³-hybridized carbons (Fsp3) is 0.235. The van der Waals surface area contributed by atoms with Gasteiger partial charge in [-0.15, -0.1) is 0 Å². The lowest BCUT2D eigenvalue weighted by Gasteiger charge is -2.09. The maximum absolute atomic E-state index is 12.2. The number of rotatable bonds is 5. The zero-order valence-electron chi connectivity index (χ0n) is 12.4. The predicted octanol–water partition coefficient (Wildman–Crippen LogP) is 5.31. The zero-order chi connectivity index (χ0) is 16.1. The van der Waals surface area contributed by atoms with Gasteiger partial charge in [0.1, 0.15) is 11.5 Å². The lowest BCUT2D eigenvalue weighted by Crippen LogP contribution is -2.09. The van der Waals surface area contributed by atoms with Crippen LogP contribution in [-0.4, -0.2) is 12.6 Å². The van der Waals surface area contributed by atoms with Gasteiger partial charge in [0.15, 0.2) is 0 Å². The van der Waals surface area contributed by atoms with Crippen molar-refractivity contribution in [1.82, 2.24) is 0 Å². The maximum Gasteiger partial charge on any atom is 0.343 e. The number of benzene rings is 2. The van der Waals surface area contributed by atoms with E-state index in [0.29, 0.717) is 33.7 Å². The van der Waals surface area contributed by atoms with E-state index in [1.54, 1.807) is 43.3 Å². The van der Waals surface area contributed by atoms with Gasteiger partial charge in [0, 0.05) is 10.0 Å². The summed E-state index contributed by atoms with van der Waals surface area (Å²) in [6, 6.07) is 9.99. The number of ether oxygens (including phenoxy) is 2. The van der Waals surface area contributed by atoms with Crippen molar-refractivity contribution in [3.05, 3.63) is 57.6 Å². The first-order valence-electron chi connectivity index (χ1n) is 6.92. The Morgan fingerprint density at radius 3 is 2.41 bits per heavy atom. The Kier molecular flexibility index (Phi) is 5.69. The first kappa shape index (κ1) is 16.7. The molecule has 0 fully saturated rings. The average molecular weight is 339 g/mol. The summed E-state index contributed by atoms with van der Waals surface area (Å²) in [6.45, 7) is 4.41. The highest BCUT2D eigenvalue weighted by Crippen LogP contribution is 2.30. The van der Waals surface area contributed by atoms with Crippen LogP contribution in [0.25, 0.3) is 0 Å². The molecule has 5 heteroatoms. The van der Waals surface area contributed by atoms with Crippen LogP contribution in [0.15, 0.2) is 36.4 Å². The first-order valence-corrected chi connectivity index (χ1v) is 7.67. The van der Waals surface area contributed by atoms with E-state index < -0.39 is 5.97 Å². The summed E-state index contributed by atoms with van der Waals surface area (Å²) >= 11 is 12.1. The molecule has 0 aliphatic heterocycles. The van der Waals surface area contributed by atoms with Crippen LogP contribution in [0, 0.1) is 6.92 Å². The van der Waals surface area contributed by atoms with E-state index in [4.69, 9.17) is 32.7 Å². The van der Waals surface area contributed by atoms with Crippen LogP contribution < -0.4 is 9.47 Å². The third-order valence-electron chi connectivity index (χ3n) is 3.01. The molecule has 0 saturated carbocycles. The van der Waals surface area contributed by atoms with E-state index in [-0.39, 0.29) is 0 Å². The number of carbonyl (C=O) groups is 1. The molecule has 0 heterocycles.